The van der Waals surface area contributed by atoms with E-state index in [9.17, 15) is 9.59 Å². The average molecular weight is 360 g/mol. The Labute approximate surface area is 157 Å². The molecule has 1 aliphatic carbocycles. The summed E-state index contributed by atoms with van der Waals surface area (Å²) in [6.45, 7) is 8.82. The summed E-state index contributed by atoms with van der Waals surface area (Å²) >= 11 is 0. The first-order valence-corrected chi connectivity index (χ1v) is 9.91. The first-order chi connectivity index (χ1) is 12.4. The van der Waals surface area contributed by atoms with Crippen molar-refractivity contribution >= 4 is 11.7 Å². The quantitative estimate of drug-likeness (QED) is 0.680. The number of amides is 1. The van der Waals surface area contributed by atoms with E-state index in [0.717, 1.165) is 18.8 Å². The van der Waals surface area contributed by atoms with Crippen molar-refractivity contribution in [3.63, 3.8) is 0 Å². The van der Waals surface area contributed by atoms with E-state index in [0.29, 0.717) is 23.1 Å². The molecule has 1 N–H and O–H groups in total. The number of nitrogens with one attached hydrogen (secondary N) is 1. The zero-order valence-electron chi connectivity index (χ0n) is 16.6. The average Bonchev–Trinajstić information content (AvgIpc) is 2.66. The molecule has 26 heavy (non-hydrogen) atoms. The molecule has 2 rings (SSSR count). The Kier molecular flexibility index (Phi) is 7.24. The van der Waals surface area contributed by atoms with Gasteiger partial charge in [0.1, 0.15) is 5.75 Å². The first kappa shape index (κ1) is 20.5. The molecular weight excluding hydrogens is 326 g/mol. The van der Waals surface area contributed by atoms with Crippen molar-refractivity contribution in [2.24, 2.45) is 11.3 Å². The van der Waals surface area contributed by atoms with Crippen LogP contribution in [0.1, 0.15) is 76.6 Å². The molecule has 1 amide bonds. The molecule has 1 saturated carbocycles. The smallest absolute Gasteiger partial charge is 0.258 e. The minimum atomic E-state index is -0.0723. The summed E-state index contributed by atoms with van der Waals surface area (Å²) in [4.78, 5) is 23.8. The highest BCUT2D eigenvalue weighted by atomic mass is 16.5. The van der Waals surface area contributed by atoms with E-state index in [2.05, 4.69) is 26.1 Å². The second kappa shape index (κ2) is 9.20. The van der Waals surface area contributed by atoms with Crippen molar-refractivity contribution in [1.82, 2.24) is 5.32 Å². The highest BCUT2D eigenvalue weighted by Gasteiger charge is 2.32. The molecule has 1 aromatic rings. The highest BCUT2D eigenvalue weighted by molar-refractivity contribution is 5.95. The van der Waals surface area contributed by atoms with Gasteiger partial charge in [-0.1, -0.05) is 34.1 Å². The van der Waals surface area contributed by atoms with Crippen LogP contribution in [-0.4, -0.2) is 24.3 Å². The topological polar surface area (TPSA) is 55.4 Å². The second-order valence-electron chi connectivity index (χ2n) is 8.05. The van der Waals surface area contributed by atoms with Crippen LogP contribution in [0.15, 0.2) is 24.3 Å². The number of hydrogen-bond acceptors (Lipinski definition) is 3. The molecule has 0 aromatic heterocycles. The monoisotopic (exact) mass is 359 g/mol. The number of benzene rings is 1. The Morgan fingerprint density at radius 2 is 1.69 bits per heavy atom. The molecule has 0 heterocycles. The van der Waals surface area contributed by atoms with E-state index < -0.39 is 0 Å². The number of ether oxygens (including phenoxy) is 1. The van der Waals surface area contributed by atoms with Gasteiger partial charge in [-0.25, -0.2) is 0 Å². The van der Waals surface area contributed by atoms with Gasteiger partial charge < -0.3 is 10.1 Å². The van der Waals surface area contributed by atoms with Crippen molar-refractivity contribution in [2.45, 2.75) is 72.3 Å². The van der Waals surface area contributed by atoms with Gasteiger partial charge in [0, 0.05) is 18.0 Å². The van der Waals surface area contributed by atoms with Gasteiger partial charge in [0.25, 0.3) is 5.91 Å². The summed E-state index contributed by atoms with van der Waals surface area (Å²) in [5, 5.41) is 3.10. The lowest BCUT2D eigenvalue weighted by atomic mass is 9.69. The van der Waals surface area contributed by atoms with Gasteiger partial charge in [0.2, 0.25) is 0 Å². The van der Waals surface area contributed by atoms with Gasteiger partial charge in [-0.05, 0) is 61.3 Å². The van der Waals surface area contributed by atoms with Gasteiger partial charge in [0.05, 0.1) is 0 Å². The predicted molar refractivity (Wildman–Crippen MR) is 105 cm³/mol. The number of rotatable bonds is 8. The number of hydrogen-bond donors (Lipinski definition) is 1. The molecule has 1 fully saturated rings. The van der Waals surface area contributed by atoms with Crippen LogP contribution in [0.4, 0.5) is 0 Å². The maximum Gasteiger partial charge on any atom is 0.258 e. The Balaban J connectivity index is 1.73. The van der Waals surface area contributed by atoms with Crippen LogP contribution in [0.5, 0.6) is 5.75 Å². The SMILES string of the molecule is CCC(=O)c1ccc(OCC(=O)NC2CCC(C(C)(C)CC)CC2)cc1. The normalized spacial score (nSPS) is 20.5. The minimum Gasteiger partial charge on any atom is -0.484 e. The van der Waals surface area contributed by atoms with Crippen molar-refractivity contribution < 1.29 is 14.3 Å². The molecule has 0 saturated heterocycles. The molecule has 0 spiro atoms. The zero-order valence-corrected chi connectivity index (χ0v) is 16.6. The molecule has 0 unspecified atom stereocenters. The zero-order chi connectivity index (χ0) is 19.2. The van der Waals surface area contributed by atoms with E-state index >= 15 is 0 Å². The van der Waals surface area contributed by atoms with Crippen molar-refractivity contribution in [2.75, 3.05) is 6.61 Å². The van der Waals surface area contributed by atoms with Crippen LogP contribution >= 0.6 is 0 Å². The number of Topliss-reactive ketones (excluding diaryl/α,β-unsaturated/α-hetero) is 1. The highest BCUT2D eigenvalue weighted by Crippen LogP contribution is 2.40. The summed E-state index contributed by atoms with van der Waals surface area (Å²) in [7, 11) is 0. The van der Waals surface area contributed by atoms with E-state index in [-0.39, 0.29) is 24.3 Å². The van der Waals surface area contributed by atoms with Crippen LogP contribution in [-0.2, 0) is 4.79 Å². The van der Waals surface area contributed by atoms with Gasteiger partial charge in [-0.3, -0.25) is 9.59 Å². The third-order valence-electron chi connectivity index (χ3n) is 5.98. The van der Waals surface area contributed by atoms with Gasteiger partial charge in [-0.2, -0.15) is 0 Å². The van der Waals surface area contributed by atoms with Gasteiger partial charge in [-0.15, -0.1) is 0 Å². The Bertz CT molecular complexity index is 598. The summed E-state index contributed by atoms with van der Waals surface area (Å²) in [6, 6.07) is 7.24. The lowest BCUT2D eigenvalue weighted by molar-refractivity contribution is -0.124. The van der Waals surface area contributed by atoms with Gasteiger partial charge in [0.15, 0.2) is 12.4 Å². The molecule has 0 atom stereocenters. The molecule has 0 radical (unpaired) electrons. The third-order valence-corrected chi connectivity index (χ3v) is 5.98. The molecule has 144 valence electrons. The van der Waals surface area contributed by atoms with E-state index in [1.807, 2.05) is 6.92 Å². The molecule has 1 aliphatic rings. The summed E-state index contributed by atoms with van der Waals surface area (Å²) in [5.74, 6) is 1.40. The fourth-order valence-corrected chi connectivity index (χ4v) is 3.67. The summed E-state index contributed by atoms with van der Waals surface area (Å²) in [6.07, 6.45) is 6.14. The lowest BCUT2D eigenvalue weighted by Gasteiger charge is -2.39. The van der Waals surface area contributed by atoms with Crippen LogP contribution in [0.25, 0.3) is 0 Å². The fourth-order valence-electron chi connectivity index (χ4n) is 3.67. The predicted octanol–water partition coefficient (Wildman–Crippen LogP) is 4.77. The Morgan fingerprint density at radius 3 is 2.23 bits per heavy atom. The van der Waals surface area contributed by atoms with Gasteiger partial charge >= 0.3 is 0 Å². The van der Waals surface area contributed by atoms with Crippen LogP contribution in [0.3, 0.4) is 0 Å². The molecule has 1 aromatic carbocycles. The van der Waals surface area contributed by atoms with E-state index in [1.54, 1.807) is 24.3 Å². The number of carbonyl (C=O) groups excluding carboxylic acids is 2. The Hall–Kier alpha value is -1.84. The second-order valence-corrected chi connectivity index (χ2v) is 8.05. The maximum absolute atomic E-state index is 12.2. The molecule has 4 nitrogen and oxygen atoms in total. The molecule has 0 aliphatic heterocycles. The van der Waals surface area contributed by atoms with Crippen molar-refractivity contribution in [1.29, 1.82) is 0 Å². The lowest BCUT2D eigenvalue weighted by Crippen LogP contribution is -2.41. The third kappa shape index (κ3) is 5.58. The van der Waals surface area contributed by atoms with Crippen LogP contribution in [0, 0.1) is 11.3 Å². The summed E-state index contributed by atoms with van der Waals surface area (Å²) < 4.78 is 5.55. The van der Waals surface area contributed by atoms with E-state index in [4.69, 9.17) is 4.74 Å². The van der Waals surface area contributed by atoms with Crippen molar-refractivity contribution in [3.05, 3.63) is 29.8 Å². The fraction of sp³-hybridized carbons (Fsp3) is 0.636. The molecule has 4 heteroatoms. The molecule has 0 bridgehead atoms. The largest absolute Gasteiger partial charge is 0.484 e. The minimum absolute atomic E-state index is 0.0153. The van der Waals surface area contributed by atoms with Crippen LogP contribution in [0.2, 0.25) is 0 Å². The van der Waals surface area contributed by atoms with Crippen LogP contribution < -0.4 is 10.1 Å². The Morgan fingerprint density at radius 1 is 1.08 bits per heavy atom. The number of ketones is 1. The van der Waals surface area contributed by atoms with Crippen molar-refractivity contribution in [3.8, 4) is 5.75 Å². The molecular formula is C22H33NO3. The first-order valence-electron chi connectivity index (χ1n) is 9.91. The number of carbonyl (C=O) groups is 2. The maximum atomic E-state index is 12.2. The van der Waals surface area contributed by atoms with E-state index in [1.165, 1.54) is 19.3 Å². The summed E-state index contributed by atoms with van der Waals surface area (Å²) in [5.41, 5.74) is 1.07. The standard InChI is InChI=1S/C22H33NO3/c1-5-20(24)16-7-13-19(14-8-16)26-15-21(25)23-18-11-9-17(10-12-18)22(3,4)6-2/h7-8,13-14,17-18H,5-6,9-12,15H2,1-4H3,(H,23,25).